The van der Waals surface area contributed by atoms with E-state index in [1.165, 1.54) is 6.07 Å². The van der Waals surface area contributed by atoms with Crippen molar-refractivity contribution >= 4 is 33.0 Å². The summed E-state index contributed by atoms with van der Waals surface area (Å²) in [6.07, 6.45) is 1.55. The Morgan fingerprint density at radius 1 is 1.52 bits per heavy atom. The van der Waals surface area contributed by atoms with Crippen LogP contribution in [0.15, 0.2) is 24.5 Å². The van der Waals surface area contributed by atoms with Crippen LogP contribution in [0.5, 0.6) is 0 Å². The number of carbonyl (C=O) groups is 1. The van der Waals surface area contributed by atoms with Gasteiger partial charge in [0.15, 0.2) is 5.82 Å². The van der Waals surface area contributed by atoms with E-state index in [1.54, 1.807) is 30.2 Å². The first-order chi connectivity index (χ1) is 10.1. The number of nitrogen functional groups attached to an aromatic ring is 1. The van der Waals surface area contributed by atoms with E-state index in [9.17, 15) is 9.18 Å². The van der Waals surface area contributed by atoms with Gasteiger partial charge in [-0.05, 0) is 12.1 Å². The Morgan fingerprint density at radius 2 is 2.33 bits per heavy atom. The second kappa shape index (κ2) is 5.13. The molecule has 0 aliphatic rings. The Morgan fingerprint density at radius 3 is 3.00 bits per heavy atom. The molecule has 3 N–H and O–H groups in total. The van der Waals surface area contributed by atoms with Crippen molar-refractivity contribution in [3.63, 3.8) is 0 Å². The van der Waals surface area contributed by atoms with Crippen molar-refractivity contribution in [1.82, 2.24) is 20.1 Å². The molecule has 2 heterocycles. The topological polar surface area (TPSA) is 85.8 Å². The molecule has 8 heteroatoms. The number of aryl methyl sites for hydroxylation is 1. The average Bonchev–Trinajstić information content (AvgIpc) is 3.01. The number of nitrogens with one attached hydrogen (secondary N) is 1. The largest absolute Gasteiger partial charge is 0.397 e. The van der Waals surface area contributed by atoms with Gasteiger partial charge in [0.2, 0.25) is 0 Å². The Hall–Kier alpha value is -2.48. The maximum Gasteiger partial charge on any atom is 0.263 e. The van der Waals surface area contributed by atoms with Gasteiger partial charge in [0, 0.05) is 11.7 Å². The van der Waals surface area contributed by atoms with Crippen LogP contribution in [-0.4, -0.2) is 20.7 Å². The lowest BCUT2D eigenvalue weighted by Gasteiger charge is -2.01. The van der Waals surface area contributed by atoms with Gasteiger partial charge in [-0.3, -0.25) is 9.48 Å². The van der Waals surface area contributed by atoms with Crippen LogP contribution in [0.3, 0.4) is 0 Å². The fourth-order valence-corrected chi connectivity index (χ4v) is 3.06. The number of anilines is 1. The second-order valence-electron chi connectivity index (χ2n) is 4.47. The fraction of sp³-hybridized carbons (Fsp3) is 0.154. The molecule has 21 heavy (non-hydrogen) atoms. The molecule has 0 aliphatic heterocycles. The first-order valence-corrected chi connectivity index (χ1v) is 6.97. The number of rotatable bonds is 3. The summed E-state index contributed by atoms with van der Waals surface area (Å²) in [7, 11) is 1.74. The van der Waals surface area contributed by atoms with Gasteiger partial charge >= 0.3 is 0 Å². The number of thiophene rings is 1. The van der Waals surface area contributed by atoms with Gasteiger partial charge < -0.3 is 11.1 Å². The minimum Gasteiger partial charge on any atom is -0.397 e. The maximum absolute atomic E-state index is 13.7. The molecular weight excluding hydrogens is 293 g/mol. The van der Waals surface area contributed by atoms with E-state index in [-0.39, 0.29) is 18.1 Å². The van der Waals surface area contributed by atoms with Crippen molar-refractivity contribution in [2.45, 2.75) is 6.54 Å². The van der Waals surface area contributed by atoms with E-state index in [0.29, 0.717) is 20.8 Å². The molecule has 1 amide bonds. The van der Waals surface area contributed by atoms with Crippen molar-refractivity contribution < 1.29 is 9.18 Å². The highest BCUT2D eigenvalue weighted by Gasteiger charge is 2.18. The van der Waals surface area contributed by atoms with Crippen LogP contribution >= 0.6 is 11.3 Å². The van der Waals surface area contributed by atoms with Gasteiger partial charge in [-0.2, -0.15) is 5.10 Å². The molecule has 0 aliphatic carbocycles. The molecule has 3 rings (SSSR count). The third-order valence-electron chi connectivity index (χ3n) is 2.96. The van der Waals surface area contributed by atoms with E-state index in [1.807, 2.05) is 0 Å². The Kier molecular flexibility index (Phi) is 3.30. The summed E-state index contributed by atoms with van der Waals surface area (Å²) < 4.78 is 15.9. The van der Waals surface area contributed by atoms with Gasteiger partial charge in [0.1, 0.15) is 17.0 Å². The second-order valence-corrected chi connectivity index (χ2v) is 5.53. The SMILES string of the molecule is Cn1cnc(CNC(=O)c2sc3cccc(F)c3c2N)n1. The van der Waals surface area contributed by atoms with Crippen LogP contribution in [0, 0.1) is 5.82 Å². The van der Waals surface area contributed by atoms with Crippen LogP contribution in [0.25, 0.3) is 10.1 Å². The zero-order valence-corrected chi connectivity index (χ0v) is 11.9. The summed E-state index contributed by atoms with van der Waals surface area (Å²) in [6, 6.07) is 4.65. The van der Waals surface area contributed by atoms with Gasteiger partial charge in [0.25, 0.3) is 5.91 Å². The standard InChI is InChI=1S/C13H12FN5OS/c1-19-6-17-9(18-19)5-16-13(20)12-11(15)10-7(14)3-2-4-8(10)21-12/h2-4,6H,5,15H2,1H3,(H,16,20). The number of amides is 1. The first-order valence-electron chi connectivity index (χ1n) is 6.15. The number of carbonyl (C=O) groups excluding carboxylic acids is 1. The molecule has 0 saturated heterocycles. The number of fused-ring (bicyclic) bond motifs is 1. The van der Waals surface area contributed by atoms with Crippen molar-refractivity contribution in [1.29, 1.82) is 0 Å². The average molecular weight is 305 g/mol. The minimum atomic E-state index is -0.424. The summed E-state index contributed by atoms with van der Waals surface area (Å²) in [4.78, 5) is 16.5. The summed E-state index contributed by atoms with van der Waals surface area (Å²) in [6.45, 7) is 0.190. The van der Waals surface area contributed by atoms with Crippen molar-refractivity contribution in [3.8, 4) is 0 Å². The molecular formula is C13H12FN5OS. The number of hydrogen-bond donors (Lipinski definition) is 2. The summed E-state index contributed by atoms with van der Waals surface area (Å²) in [5.41, 5.74) is 6.05. The van der Waals surface area contributed by atoms with E-state index in [2.05, 4.69) is 15.4 Å². The van der Waals surface area contributed by atoms with Gasteiger partial charge in [-0.25, -0.2) is 9.37 Å². The minimum absolute atomic E-state index is 0.166. The lowest BCUT2D eigenvalue weighted by Crippen LogP contribution is -2.23. The van der Waals surface area contributed by atoms with Crippen LogP contribution < -0.4 is 11.1 Å². The third kappa shape index (κ3) is 2.45. The van der Waals surface area contributed by atoms with Crippen LogP contribution in [0.4, 0.5) is 10.1 Å². The molecule has 3 aromatic rings. The highest BCUT2D eigenvalue weighted by Crippen LogP contribution is 2.35. The number of nitrogens with two attached hydrogens (primary N) is 1. The number of benzene rings is 1. The molecule has 6 nitrogen and oxygen atoms in total. The Bertz CT molecular complexity index is 825. The van der Waals surface area contributed by atoms with Gasteiger partial charge in [-0.1, -0.05) is 6.07 Å². The van der Waals surface area contributed by atoms with E-state index in [0.717, 1.165) is 11.3 Å². The molecule has 0 bridgehead atoms. The molecule has 1 aromatic carbocycles. The number of halogens is 1. The predicted molar refractivity (Wildman–Crippen MR) is 78.4 cm³/mol. The monoisotopic (exact) mass is 305 g/mol. The number of nitrogens with zero attached hydrogens (tertiary/aromatic N) is 3. The smallest absolute Gasteiger partial charge is 0.263 e. The first kappa shape index (κ1) is 13.5. The Labute approximate surface area is 123 Å². The normalized spacial score (nSPS) is 11.0. The zero-order chi connectivity index (χ0) is 15.0. The molecule has 0 saturated carbocycles. The summed E-state index contributed by atoms with van der Waals surface area (Å²) in [5.74, 6) is -0.288. The molecule has 0 radical (unpaired) electrons. The van der Waals surface area contributed by atoms with E-state index in [4.69, 9.17) is 5.73 Å². The molecule has 0 unspecified atom stereocenters. The van der Waals surface area contributed by atoms with Gasteiger partial charge in [0.05, 0.1) is 17.6 Å². The molecule has 2 aromatic heterocycles. The highest BCUT2D eigenvalue weighted by molar-refractivity contribution is 7.21. The Balaban J connectivity index is 1.84. The summed E-state index contributed by atoms with van der Waals surface area (Å²) >= 11 is 1.16. The highest BCUT2D eigenvalue weighted by atomic mass is 32.1. The number of hydrogen-bond acceptors (Lipinski definition) is 5. The quantitative estimate of drug-likeness (QED) is 0.771. The van der Waals surface area contributed by atoms with Crippen LogP contribution in [-0.2, 0) is 13.6 Å². The maximum atomic E-state index is 13.7. The number of aromatic nitrogens is 3. The lowest BCUT2D eigenvalue weighted by molar-refractivity contribution is 0.0955. The predicted octanol–water partition coefficient (Wildman–Crippen LogP) is 1.68. The van der Waals surface area contributed by atoms with Gasteiger partial charge in [-0.15, -0.1) is 11.3 Å². The van der Waals surface area contributed by atoms with Crippen LogP contribution in [0.2, 0.25) is 0 Å². The third-order valence-corrected chi connectivity index (χ3v) is 4.13. The summed E-state index contributed by atoms with van der Waals surface area (Å²) in [5, 5.41) is 7.03. The zero-order valence-electron chi connectivity index (χ0n) is 11.1. The fourth-order valence-electron chi connectivity index (χ4n) is 2.00. The van der Waals surface area contributed by atoms with Crippen LogP contribution in [0.1, 0.15) is 15.5 Å². The van der Waals surface area contributed by atoms with Crippen molar-refractivity contribution in [3.05, 3.63) is 41.0 Å². The molecule has 108 valence electrons. The molecule has 0 spiro atoms. The molecule has 0 fully saturated rings. The van der Waals surface area contributed by atoms with Crippen molar-refractivity contribution in [2.75, 3.05) is 5.73 Å². The van der Waals surface area contributed by atoms with Crippen molar-refractivity contribution in [2.24, 2.45) is 7.05 Å². The van der Waals surface area contributed by atoms with E-state index < -0.39 is 5.82 Å². The molecule has 0 atom stereocenters. The lowest BCUT2D eigenvalue weighted by atomic mass is 10.2. The van der Waals surface area contributed by atoms with E-state index >= 15 is 0 Å².